The van der Waals surface area contributed by atoms with Crippen molar-refractivity contribution in [3.05, 3.63) is 58.0 Å². The van der Waals surface area contributed by atoms with E-state index < -0.39 is 0 Å². The average molecular weight is 346 g/mol. The Hall–Kier alpha value is -1.72. The molecule has 0 radical (unpaired) electrons. The molecular formula is C19H23FN2OS. The van der Waals surface area contributed by atoms with Gasteiger partial charge in [-0.2, -0.15) is 0 Å². The zero-order chi connectivity index (χ0) is 16.9. The van der Waals surface area contributed by atoms with Gasteiger partial charge in [0.05, 0.1) is 0 Å². The Labute approximate surface area is 146 Å². The highest BCUT2D eigenvalue weighted by Crippen LogP contribution is 2.17. The first-order chi connectivity index (χ1) is 11.6. The molecule has 1 fully saturated rings. The molecular weight excluding hydrogens is 323 g/mol. The number of hydrogen-bond acceptors (Lipinski definition) is 3. The van der Waals surface area contributed by atoms with Gasteiger partial charge in [-0.1, -0.05) is 25.1 Å². The summed E-state index contributed by atoms with van der Waals surface area (Å²) in [7, 11) is 0. The predicted octanol–water partition coefficient (Wildman–Crippen LogP) is 3.41. The monoisotopic (exact) mass is 346 g/mol. The van der Waals surface area contributed by atoms with Gasteiger partial charge in [0.2, 0.25) is 5.91 Å². The van der Waals surface area contributed by atoms with E-state index in [0.717, 1.165) is 44.7 Å². The molecule has 1 saturated heterocycles. The van der Waals surface area contributed by atoms with E-state index in [9.17, 15) is 9.18 Å². The molecule has 3 rings (SSSR count). The van der Waals surface area contributed by atoms with Crippen LogP contribution in [0.25, 0.3) is 0 Å². The van der Waals surface area contributed by atoms with Gasteiger partial charge in [-0.3, -0.25) is 9.69 Å². The van der Waals surface area contributed by atoms with Gasteiger partial charge in [-0.05, 0) is 35.6 Å². The van der Waals surface area contributed by atoms with E-state index in [0.29, 0.717) is 0 Å². The van der Waals surface area contributed by atoms with Crippen molar-refractivity contribution < 1.29 is 9.18 Å². The van der Waals surface area contributed by atoms with Gasteiger partial charge in [0.1, 0.15) is 5.82 Å². The lowest BCUT2D eigenvalue weighted by Gasteiger charge is -2.36. The smallest absolute Gasteiger partial charge is 0.225 e. The van der Waals surface area contributed by atoms with Gasteiger partial charge in [-0.25, -0.2) is 4.39 Å². The van der Waals surface area contributed by atoms with Crippen LogP contribution >= 0.6 is 11.3 Å². The van der Waals surface area contributed by atoms with Crippen molar-refractivity contribution in [2.75, 3.05) is 26.2 Å². The van der Waals surface area contributed by atoms with Gasteiger partial charge in [0.25, 0.3) is 0 Å². The summed E-state index contributed by atoms with van der Waals surface area (Å²) in [5.41, 5.74) is 0.987. The Bertz CT molecular complexity index is 666. The highest BCUT2D eigenvalue weighted by atomic mass is 32.1. The molecule has 2 heterocycles. The summed E-state index contributed by atoms with van der Waals surface area (Å²) in [6.45, 7) is 5.94. The Morgan fingerprint density at radius 3 is 2.67 bits per heavy atom. The zero-order valence-corrected chi connectivity index (χ0v) is 14.8. The predicted molar refractivity (Wildman–Crippen MR) is 95.4 cm³/mol. The fourth-order valence-corrected chi connectivity index (χ4v) is 3.98. The number of piperazine rings is 1. The average Bonchev–Trinajstić information content (AvgIpc) is 3.08. The van der Waals surface area contributed by atoms with Crippen LogP contribution in [0.2, 0.25) is 0 Å². The van der Waals surface area contributed by atoms with Gasteiger partial charge in [-0.15, -0.1) is 11.3 Å². The largest absolute Gasteiger partial charge is 0.340 e. The van der Waals surface area contributed by atoms with Crippen molar-refractivity contribution >= 4 is 17.2 Å². The topological polar surface area (TPSA) is 23.6 Å². The fourth-order valence-electron chi connectivity index (χ4n) is 3.15. The minimum absolute atomic E-state index is 0.0263. The van der Waals surface area contributed by atoms with Gasteiger partial charge >= 0.3 is 0 Å². The van der Waals surface area contributed by atoms with Crippen molar-refractivity contribution in [3.63, 3.8) is 0 Å². The van der Waals surface area contributed by atoms with Crippen LogP contribution in [0, 0.1) is 11.7 Å². The summed E-state index contributed by atoms with van der Waals surface area (Å²) < 4.78 is 13.3. The third-order valence-corrected chi connectivity index (χ3v) is 5.39. The Kier molecular flexibility index (Phi) is 5.63. The third-order valence-electron chi connectivity index (χ3n) is 4.49. The summed E-state index contributed by atoms with van der Waals surface area (Å²) >= 11 is 1.71. The van der Waals surface area contributed by atoms with E-state index in [-0.39, 0.29) is 17.6 Å². The Morgan fingerprint density at radius 2 is 2.00 bits per heavy atom. The molecule has 3 nitrogen and oxygen atoms in total. The molecule has 1 aromatic heterocycles. The second kappa shape index (κ2) is 7.90. The lowest BCUT2D eigenvalue weighted by atomic mass is 10.0. The molecule has 24 heavy (non-hydrogen) atoms. The summed E-state index contributed by atoms with van der Waals surface area (Å²) in [4.78, 5) is 18.1. The molecule has 0 bridgehead atoms. The SMILES string of the molecule is CC(Cc1cccs1)C(=O)N1CCN(Cc2cccc(F)c2)CC1. The van der Waals surface area contributed by atoms with Gasteiger partial charge in [0.15, 0.2) is 0 Å². The first kappa shape index (κ1) is 17.1. The maximum absolute atomic E-state index is 13.3. The summed E-state index contributed by atoms with van der Waals surface area (Å²) in [5.74, 6) is 0.0796. The second-order valence-electron chi connectivity index (χ2n) is 6.42. The van der Waals surface area contributed by atoms with E-state index in [1.165, 1.54) is 10.9 Å². The van der Waals surface area contributed by atoms with Gasteiger partial charge < -0.3 is 4.90 Å². The minimum atomic E-state index is -0.191. The fraction of sp³-hybridized carbons (Fsp3) is 0.421. The molecule has 1 unspecified atom stereocenters. The number of rotatable bonds is 5. The van der Waals surface area contributed by atoms with E-state index in [1.807, 2.05) is 24.0 Å². The Balaban J connectivity index is 1.48. The molecule has 1 aliphatic rings. The molecule has 2 aromatic rings. The summed E-state index contributed by atoms with van der Waals surface area (Å²) in [6, 6.07) is 10.9. The maximum Gasteiger partial charge on any atom is 0.225 e. The second-order valence-corrected chi connectivity index (χ2v) is 7.45. The first-order valence-corrected chi connectivity index (χ1v) is 9.28. The van der Waals surface area contributed by atoms with Crippen LogP contribution in [0.5, 0.6) is 0 Å². The molecule has 0 aliphatic carbocycles. The zero-order valence-electron chi connectivity index (χ0n) is 14.0. The number of thiophene rings is 1. The number of hydrogen-bond donors (Lipinski definition) is 0. The molecule has 1 aliphatic heterocycles. The van der Waals surface area contributed by atoms with Crippen LogP contribution in [0.3, 0.4) is 0 Å². The highest BCUT2D eigenvalue weighted by molar-refractivity contribution is 7.09. The Morgan fingerprint density at radius 1 is 1.21 bits per heavy atom. The number of amides is 1. The van der Waals surface area contributed by atoms with E-state index in [2.05, 4.69) is 16.3 Å². The quantitative estimate of drug-likeness (QED) is 0.828. The van der Waals surface area contributed by atoms with Gasteiger partial charge in [0, 0.05) is 43.5 Å². The number of benzene rings is 1. The molecule has 1 amide bonds. The van der Waals surface area contributed by atoms with Crippen molar-refractivity contribution in [1.82, 2.24) is 9.80 Å². The number of carbonyl (C=O) groups excluding carboxylic acids is 1. The number of nitrogens with zero attached hydrogens (tertiary/aromatic N) is 2. The first-order valence-electron chi connectivity index (χ1n) is 8.40. The molecule has 0 spiro atoms. The van der Waals surface area contributed by atoms with E-state index >= 15 is 0 Å². The van der Waals surface area contributed by atoms with E-state index in [1.54, 1.807) is 23.5 Å². The lowest BCUT2D eigenvalue weighted by Crippen LogP contribution is -2.49. The standard InChI is InChI=1S/C19H23FN2OS/c1-15(12-18-6-3-11-24-18)19(23)22-9-7-21(8-10-22)14-16-4-2-5-17(20)13-16/h2-6,11,13,15H,7-10,12,14H2,1H3. The maximum atomic E-state index is 13.3. The number of carbonyl (C=O) groups is 1. The third kappa shape index (κ3) is 4.42. The van der Waals surface area contributed by atoms with Crippen LogP contribution in [-0.2, 0) is 17.8 Å². The molecule has 0 N–H and O–H groups in total. The van der Waals surface area contributed by atoms with Crippen LogP contribution < -0.4 is 0 Å². The van der Waals surface area contributed by atoms with Crippen LogP contribution in [0.15, 0.2) is 41.8 Å². The molecule has 1 atom stereocenters. The molecule has 128 valence electrons. The van der Waals surface area contributed by atoms with Crippen LogP contribution in [0.4, 0.5) is 4.39 Å². The van der Waals surface area contributed by atoms with E-state index in [4.69, 9.17) is 0 Å². The van der Waals surface area contributed by atoms with Crippen molar-refractivity contribution in [3.8, 4) is 0 Å². The highest BCUT2D eigenvalue weighted by Gasteiger charge is 2.25. The lowest BCUT2D eigenvalue weighted by molar-refractivity contribution is -0.136. The normalized spacial score (nSPS) is 17.0. The van der Waals surface area contributed by atoms with Crippen molar-refractivity contribution in [1.29, 1.82) is 0 Å². The van der Waals surface area contributed by atoms with Crippen LogP contribution in [-0.4, -0.2) is 41.9 Å². The summed E-state index contributed by atoms with van der Waals surface area (Å²) in [5, 5.41) is 2.05. The minimum Gasteiger partial charge on any atom is -0.340 e. The molecule has 0 saturated carbocycles. The summed E-state index contributed by atoms with van der Waals surface area (Å²) in [6.07, 6.45) is 0.819. The number of halogens is 1. The van der Waals surface area contributed by atoms with Crippen molar-refractivity contribution in [2.45, 2.75) is 19.9 Å². The van der Waals surface area contributed by atoms with Crippen molar-refractivity contribution in [2.24, 2.45) is 5.92 Å². The van der Waals surface area contributed by atoms with Crippen LogP contribution in [0.1, 0.15) is 17.4 Å². The molecule has 1 aromatic carbocycles. The molecule has 5 heteroatoms.